The summed E-state index contributed by atoms with van der Waals surface area (Å²) < 4.78 is 14.3. The molecule has 0 bridgehead atoms. The van der Waals surface area contributed by atoms with Crippen molar-refractivity contribution < 1.29 is 9.47 Å². The number of ether oxygens (including phenoxy) is 2. The molecule has 4 heteroatoms. The van der Waals surface area contributed by atoms with E-state index in [1.54, 1.807) is 10.7 Å². The minimum absolute atomic E-state index is 0.0546. The molecule has 0 fully saturated rings. The first-order valence-corrected chi connectivity index (χ1v) is 20.8. The molecule has 0 amide bonds. The summed E-state index contributed by atoms with van der Waals surface area (Å²) in [6.07, 6.45) is 0.664. The van der Waals surface area contributed by atoms with E-state index in [0.29, 0.717) is 6.61 Å². The third-order valence-electron chi connectivity index (χ3n) is 4.53. The maximum absolute atomic E-state index is 6.34. The van der Waals surface area contributed by atoms with Crippen LogP contribution in [0.25, 0.3) is 0 Å². The van der Waals surface area contributed by atoms with E-state index >= 15 is 0 Å². The van der Waals surface area contributed by atoms with Gasteiger partial charge in [-0.3, -0.25) is 0 Å². The average molecular weight is 564 g/mol. The van der Waals surface area contributed by atoms with E-state index in [4.69, 9.17) is 9.47 Å². The van der Waals surface area contributed by atoms with Crippen LogP contribution in [0.3, 0.4) is 0 Å². The van der Waals surface area contributed by atoms with Crippen molar-refractivity contribution in [3.05, 3.63) is 58.1 Å². The van der Waals surface area contributed by atoms with Gasteiger partial charge in [-0.25, -0.2) is 0 Å². The standard InChI is InChI=1S/C22H24BrO2.3CH3.Sn/c1-22(2,3)13-12-20(14-17-8-6-5-7-9-17)25-16-18-15-19(24-4)10-11-21(18)23;;;;/h5-8,10-11,15,20H,14,16H2,1-4H3;3*1H3;. The quantitative estimate of drug-likeness (QED) is 0.296. The van der Waals surface area contributed by atoms with Crippen molar-refractivity contribution in [2.45, 2.75) is 54.7 Å². The molecule has 2 aromatic carbocycles. The molecule has 0 saturated carbocycles. The molecule has 0 aromatic heterocycles. The predicted molar refractivity (Wildman–Crippen MR) is 130 cm³/mol. The van der Waals surface area contributed by atoms with Gasteiger partial charge in [0.05, 0.1) is 0 Å². The zero-order valence-corrected chi connectivity index (χ0v) is 23.2. The number of rotatable bonds is 7. The van der Waals surface area contributed by atoms with Gasteiger partial charge in [0.2, 0.25) is 0 Å². The van der Waals surface area contributed by atoms with Crippen LogP contribution in [0.5, 0.6) is 5.75 Å². The Morgan fingerprint density at radius 1 is 1.03 bits per heavy atom. The van der Waals surface area contributed by atoms with Crippen LogP contribution in [0, 0.1) is 17.3 Å². The second-order valence-corrected chi connectivity index (χ2v) is 24.6. The van der Waals surface area contributed by atoms with Crippen molar-refractivity contribution in [3.8, 4) is 17.6 Å². The summed E-state index contributed by atoms with van der Waals surface area (Å²) in [5.74, 6) is 7.62. The monoisotopic (exact) mass is 564 g/mol. The molecule has 0 N–H and O–H groups in total. The van der Waals surface area contributed by atoms with Crippen LogP contribution in [-0.2, 0) is 17.8 Å². The van der Waals surface area contributed by atoms with Crippen LogP contribution in [0.15, 0.2) is 46.9 Å². The molecule has 0 spiro atoms. The molecule has 0 saturated heterocycles. The van der Waals surface area contributed by atoms with Gasteiger partial charge in [0.15, 0.2) is 0 Å². The maximum atomic E-state index is 6.34. The molecule has 1 unspecified atom stereocenters. The Hall–Kier alpha value is -0.961. The average Bonchev–Trinajstić information content (AvgIpc) is 2.64. The predicted octanol–water partition coefficient (Wildman–Crippen LogP) is 6.18. The summed E-state index contributed by atoms with van der Waals surface area (Å²) in [7, 11) is 1.68. The first kappa shape index (κ1) is 24.3. The third-order valence-corrected chi connectivity index (χ3v) is 11.3. The van der Waals surface area contributed by atoms with E-state index in [1.165, 1.54) is 5.56 Å². The van der Waals surface area contributed by atoms with Crippen molar-refractivity contribution in [1.82, 2.24) is 0 Å². The second-order valence-electron chi connectivity index (χ2n) is 9.39. The van der Waals surface area contributed by atoms with Crippen molar-refractivity contribution in [1.29, 1.82) is 0 Å². The summed E-state index contributed by atoms with van der Waals surface area (Å²) in [4.78, 5) is 7.37. The Labute approximate surface area is 189 Å². The first-order valence-electron chi connectivity index (χ1n) is 10.0. The number of hydrogen-bond acceptors (Lipinski definition) is 2. The number of halogens is 1. The van der Waals surface area contributed by atoms with Crippen molar-refractivity contribution >= 4 is 37.9 Å². The number of hydrogen-bond donors (Lipinski definition) is 0. The van der Waals surface area contributed by atoms with Gasteiger partial charge in [-0.2, -0.15) is 0 Å². The third kappa shape index (κ3) is 8.00. The Morgan fingerprint density at radius 2 is 1.72 bits per heavy atom. The number of benzene rings is 2. The van der Waals surface area contributed by atoms with Crippen LogP contribution in [0.4, 0.5) is 0 Å². The van der Waals surface area contributed by atoms with Gasteiger partial charge in [0.25, 0.3) is 0 Å². The summed E-state index contributed by atoms with van der Waals surface area (Å²) >= 11 is 1.40. The van der Waals surface area contributed by atoms with Gasteiger partial charge in [0.1, 0.15) is 0 Å². The first-order chi connectivity index (χ1) is 13.5. The Balaban J connectivity index is 2.28. The van der Waals surface area contributed by atoms with E-state index in [1.807, 2.05) is 18.2 Å². The number of methoxy groups -OCH3 is 1. The summed E-state index contributed by atoms with van der Waals surface area (Å²) in [6.45, 7) is 6.89. The summed E-state index contributed by atoms with van der Waals surface area (Å²) in [6, 6.07) is 14.8. The molecule has 2 aromatic rings. The van der Waals surface area contributed by atoms with E-state index < -0.39 is 18.4 Å². The van der Waals surface area contributed by atoms with Crippen LogP contribution in [0.2, 0.25) is 14.8 Å². The molecule has 29 heavy (non-hydrogen) atoms. The van der Waals surface area contributed by atoms with Gasteiger partial charge in [-0.05, 0) is 0 Å². The van der Waals surface area contributed by atoms with Crippen LogP contribution in [-0.4, -0.2) is 31.6 Å². The van der Waals surface area contributed by atoms with Crippen molar-refractivity contribution in [3.63, 3.8) is 0 Å². The zero-order valence-electron chi connectivity index (χ0n) is 18.7. The minimum atomic E-state index is -2.22. The fourth-order valence-corrected chi connectivity index (χ4v) is 8.40. The van der Waals surface area contributed by atoms with Crippen LogP contribution >= 0.6 is 15.9 Å². The molecule has 0 aliphatic heterocycles. The van der Waals surface area contributed by atoms with E-state index in [9.17, 15) is 0 Å². The molecular weight excluding hydrogens is 531 g/mol. The van der Waals surface area contributed by atoms with E-state index in [2.05, 4.69) is 87.6 Å². The van der Waals surface area contributed by atoms with Crippen LogP contribution in [0.1, 0.15) is 31.9 Å². The topological polar surface area (TPSA) is 18.5 Å². The van der Waals surface area contributed by atoms with Crippen LogP contribution < -0.4 is 8.32 Å². The SMILES string of the molecule is COc1ccc(Br)c(COC(C#CC(C)(C)C)Cc2cccc[c]2[Sn]([CH3])([CH3])[CH3])c1. The van der Waals surface area contributed by atoms with Crippen molar-refractivity contribution in [2.24, 2.45) is 5.41 Å². The van der Waals surface area contributed by atoms with Gasteiger partial charge >= 0.3 is 190 Å². The molecular formula is C25H33BrO2Sn. The van der Waals surface area contributed by atoms with Gasteiger partial charge in [-0.15, -0.1) is 0 Å². The molecule has 156 valence electrons. The Bertz CT molecular complexity index is 882. The van der Waals surface area contributed by atoms with Gasteiger partial charge < -0.3 is 0 Å². The molecule has 0 heterocycles. The van der Waals surface area contributed by atoms with Gasteiger partial charge in [-0.1, -0.05) is 0 Å². The molecule has 0 radical (unpaired) electrons. The Morgan fingerprint density at radius 3 is 2.34 bits per heavy atom. The normalized spacial score (nSPS) is 12.8. The van der Waals surface area contributed by atoms with E-state index in [-0.39, 0.29) is 11.5 Å². The summed E-state index contributed by atoms with van der Waals surface area (Å²) in [5, 5.41) is 0. The fraction of sp³-hybridized carbons (Fsp3) is 0.440. The summed E-state index contributed by atoms with van der Waals surface area (Å²) in [5.41, 5.74) is 2.39. The molecule has 2 nitrogen and oxygen atoms in total. The van der Waals surface area contributed by atoms with Gasteiger partial charge in [0, 0.05) is 0 Å². The fourth-order valence-electron chi connectivity index (χ4n) is 3.06. The molecule has 2 rings (SSSR count). The second kappa shape index (κ2) is 10.4. The Kier molecular flexibility index (Phi) is 8.70. The van der Waals surface area contributed by atoms with Crippen molar-refractivity contribution in [2.75, 3.05) is 7.11 Å². The van der Waals surface area contributed by atoms with E-state index in [0.717, 1.165) is 22.2 Å². The molecule has 1 atom stereocenters. The zero-order chi connectivity index (χ0) is 21.7. The molecule has 0 aliphatic rings. The molecule has 0 aliphatic carbocycles.